The number of nitrogens with zero attached hydrogens (tertiary/aromatic N) is 4. The number of pyridine rings is 1. The molecule has 1 amide bonds. The molecule has 2 aromatic heterocycles. The average Bonchev–Trinajstić information content (AvgIpc) is 3.27. The Labute approximate surface area is 211 Å². The number of rotatable bonds is 5. The summed E-state index contributed by atoms with van der Waals surface area (Å²) in [5, 5.41) is 0. The van der Waals surface area contributed by atoms with Crippen molar-refractivity contribution in [3.05, 3.63) is 95.6 Å². The lowest BCUT2D eigenvalue weighted by atomic mass is 9.89. The molecule has 7 rings (SSSR count). The summed E-state index contributed by atoms with van der Waals surface area (Å²) in [6.45, 7) is 6.59. The van der Waals surface area contributed by atoms with Gasteiger partial charge in [0.05, 0.1) is 17.0 Å². The second-order valence-electron chi connectivity index (χ2n) is 10.4. The highest BCUT2D eigenvalue weighted by atomic mass is 19.1. The first-order chi connectivity index (χ1) is 17.5. The molecule has 0 saturated carbocycles. The molecule has 3 fully saturated rings. The van der Waals surface area contributed by atoms with Crippen LogP contribution in [0.4, 0.5) is 4.39 Å². The fourth-order valence-corrected chi connectivity index (χ4v) is 5.79. The van der Waals surface area contributed by atoms with Crippen LogP contribution in [0.15, 0.2) is 72.9 Å². The van der Waals surface area contributed by atoms with Gasteiger partial charge < -0.3 is 9.30 Å². The zero-order valence-electron chi connectivity index (χ0n) is 20.8. The second kappa shape index (κ2) is 9.17. The summed E-state index contributed by atoms with van der Waals surface area (Å²) in [6, 6.07) is 21.5. The van der Waals surface area contributed by atoms with Crippen LogP contribution in [-0.2, 0) is 6.54 Å². The van der Waals surface area contributed by atoms with Gasteiger partial charge in [-0.1, -0.05) is 56.3 Å². The predicted octanol–water partition coefficient (Wildman–Crippen LogP) is 5.75. The Kier molecular flexibility index (Phi) is 5.84. The Hall–Kier alpha value is -3.51. The monoisotopic (exact) mass is 482 g/mol. The average molecular weight is 483 g/mol. The summed E-state index contributed by atoms with van der Waals surface area (Å²) in [5.74, 6) is -0.152. The lowest BCUT2D eigenvalue weighted by Crippen LogP contribution is -2.63. The van der Waals surface area contributed by atoms with Crippen LogP contribution in [0.3, 0.4) is 0 Å². The molecular weight excluding hydrogens is 451 g/mol. The molecule has 0 aliphatic carbocycles. The van der Waals surface area contributed by atoms with E-state index < -0.39 is 5.82 Å². The van der Waals surface area contributed by atoms with Crippen molar-refractivity contribution >= 4 is 11.6 Å². The largest absolute Gasteiger partial charge is 0.333 e. The summed E-state index contributed by atoms with van der Waals surface area (Å²) in [5.41, 5.74) is 5.73. The number of aromatic nitrogens is 2. The van der Waals surface area contributed by atoms with Crippen LogP contribution in [0, 0.1) is 5.82 Å². The van der Waals surface area contributed by atoms with E-state index in [1.54, 1.807) is 18.2 Å². The molecule has 0 radical (unpaired) electrons. The van der Waals surface area contributed by atoms with Crippen LogP contribution >= 0.6 is 0 Å². The molecule has 2 unspecified atom stereocenters. The van der Waals surface area contributed by atoms with Crippen LogP contribution < -0.4 is 0 Å². The van der Waals surface area contributed by atoms with Crippen LogP contribution in [-0.4, -0.2) is 50.3 Å². The minimum atomic E-state index is -0.445. The van der Waals surface area contributed by atoms with Gasteiger partial charge in [-0.05, 0) is 48.6 Å². The Bertz CT molecular complexity index is 1410. The quantitative estimate of drug-likeness (QED) is 0.364. The van der Waals surface area contributed by atoms with Gasteiger partial charge >= 0.3 is 0 Å². The number of hydrogen-bond acceptors (Lipinski definition) is 3. The van der Waals surface area contributed by atoms with Crippen LogP contribution in [0.25, 0.3) is 16.9 Å². The standard InChI is InChI=1S/C30H31FN4O/c1-20(2)21-10-12-22(13-11-21)29-27(34-16-6-5-9-28(34)32-29)19-33-17-24-15-14-23(33)18-35(24)30(36)25-7-3-4-8-26(25)31/h3-13,16,20,23-24H,14-15,17-19H2,1-2H3. The number of fused-ring (bicyclic) bond motifs is 4. The first-order valence-electron chi connectivity index (χ1n) is 12.9. The normalized spacial score (nSPS) is 19.9. The molecular formula is C30H31FN4O. The maximum Gasteiger partial charge on any atom is 0.257 e. The van der Waals surface area contributed by atoms with E-state index >= 15 is 0 Å². The number of amides is 1. The number of hydrogen-bond donors (Lipinski definition) is 0. The maximum absolute atomic E-state index is 14.3. The number of carbonyl (C=O) groups excluding carboxylic acids is 1. The minimum absolute atomic E-state index is 0.0927. The predicted molar refractivity (Wildman–Crippen MR) is 139 cm³/mol. The molecule has 5 nitrogen and oxygen atoms in total. The SMILES string of the molecule is CC(C)c1ccc(-c2nc3ccccn3c2CN2CC3CCC2CN3C(=O)c2ccccc2F)cc1. The highest BCUT2D eigenvalue weighted by molar-refractivity contribution is 5.95. The van der Waals surface area contributed by atoms with Crippen molar-refractivity contribution in [3.63, 3.8) is 0 Å². The molecule has 4 aromatic rings. The summed E-state index contributed by atoms with van der Waals surface area (Å²) < 4.78 is 16.5. The van der Waals surface area contributed by atoms with Crippen LogP contribution in [0.5, 0.6) is 0 Å². The van der Waals surface area contributed by atoms with Crippen molar-refractivity contribution in [3.8, 4) is 11.3 Å². The summed E-state index contributed by atoms with van der Waals surface area (Å²) in [6.07, 6.45) is 4.08. The van der Waals surface area contributed by atoms with E-state index in [1.165, 1.54) is 17.3 Å². The van der Waals surface area contributed by atoms with E-state index in [0.717, 1.165) is 42.8 Å². The van der Waals surface area contributed by atoms with E-state index in [-0.39, 0.29) is 23.6 Å². The third kappa shape index (κ3) is 3.99. The van der Waals surface area contributed by atoms with Crippen LogP contribution in [0.2, 0.25) is 0 Å². The van der Waals surface area contributed by atoms with Gasteiger partial charge in [-0.25, -0.2) is 9.37 Å². The summed E-state index contributed by atoms with van der Waals surface area (Å²) in [7, 11) is 0. The number of carbonyl (C=O) groups is 1. The smallest absolute Gasteiger partial charge is 0.257 e. The summed E-state index contributed by atoms with van der Waals surface area (Å²) in [4.78, 5) is 22.6. The lowest BCUT2D eigenvalue weighted by molar-refractivity contribution is -0.0161. The van der Waals surface area contributed by atoms with E-state index in [1.807, 2.05) is 23.1 Å². The molecule has 5 heterocycles. The van der Waals surface area contributed by atoms with Gasteiger partial charge in [0, 0.05) is 43.5 Å². The van der Waals surface area contributed by atoms with Gasteiger partial charge in [0.1, 0.15) is 11.5 Å². The van der Waals surface area contributed by atoms with Gasteiger partial charge in [0.25, 0.3) is 5.91 Å². The molecule has 184 valence electrons. The third-order valence-corrected chi connectivity index (χ3v) is 7.84. The van der Waals surface area contributed by atoms with E-state index in [2.05, 4.69) is 53.6 Å². The van der Waals surface area contributed by atoms with Gasteiger partial charge in [0.15, 0.2) is 0 Å². The Morgan fingerprint density at radius 1 is 0.972 bits per heavy atom. The van der Waals surface area contributed by atoms with E-state index in [9.17, 15) is 9.18 Å². The van der Waals surface area contributed by atoms with Gasteiger partial charge in [-0.2, -0.15) is 0 Å². The molecule has 2 bridgehead atoms. The number of benzene rings is 2. The molecule has 3 saturated heterocycles. The number of piperazine rings is 1. The number of halogens is 1. The maximum atomic E-state index is 14.3. The van der Waals surface area contributed by atoms with Crippen molar-refractivity contribution in [2.75, 3.05) is 13.1 Å². The van der Waals surface area contributed by atoms with Crippen molar-refractivity contribution in [2.24, 2.45) is 0 Å². The molecule has 6 heteroatoms. The van der Waals surface area contributed by atoms with Crippen molar-refractivity contribution in [2.45, 2.75) is 51.2 Å². The van der Waals surface area contributed by atoms with Crippen molar-refractivity contribution in [1.29, 1.82) is 0 Å². The summed E-state index contributed by atoms with van der Waals surface area (Å²) >= 11 is 0. The van der Waals surface area contributed by atoms with Crippen LogP contribution in [0.1, 0.15) is 54.2 Å². The number of piperidine rings is 2. The molecule has 3 aliphatic rings. The second-order valence-corrected chi connectivity index (χ2v) is 10.4. The number of imidazole rings is 1. The van der Waals surface area contributed by atoms with Gasteiger partial charge in [-0.3, -0.25) is 9.69 Å². The first-order valence-corrected chi connectivity index (χ1v) is 12.9. The van der Waals surface area contributed by atoms with Gasteiger partial charge in [0.2, 0.25) is 0 Å². The van der Waals surface area contributed by atoms with E-state index in [0.29, 0.717) is 12.5 Å². The molecule has 2 atom stereocenters. The zero-order chi connectivity index (χ0) is 24.8. The molecule has 36 heavy (non-hydrogen) atoms. The highest BCUT2D eigenvalue weighted by Crippen LogP contribution is 2.34. The molecule has 0 spiro atoms. The molecule has 2 aromatic carbocycles. The highest BCUT2D eigenvalue weighted by Gasteiger charge is 2.42. The Morgan fingerprint density at radius 3 is 2.44 bits per heavy atom. The molecule has 3 aliphatic heterocycles. The zero-order valence-corrected chi connectivity index (χ0v) is 20.8. The van der Waals surface area contributed by atoms with E-state index in [4.69, 9.17) is 4.98 Å². The molecule has 0 N–H and O–H groups in total. The third-order valence-electron chi connectivity index (χ3n) is 7.84. The first kappa shape index (κ1) is 22.9. The fourth-order valence-electron chi connectivity index (χ4n) is 5.79. The fraction of sp³-hybridized carbons (Fsp3) is 0.333. The van der Waals surface area contributed by atoms with Gasteiger partial charge in [-0.15, -0.1) is 0 Å². The minimum Gasteiger partial charge on any atom is -0.333 e. The topological polar surface area (TPSA) is 40.9 Å². The Balaban J connectivity index is 1.28. The lowest BCUT2D eigenvalue weighted by Gasteiger charge is -2.51. The van der Waals surface area contributed by atoms with Crippen molar-refractivity contribution in [1.82, 2.24) is 19.2 Å². The Morgan fingerprint density at radius 2 is 1.72 bits per heavy atom. The van der Waals surface area contributed by atoms with Crippen molar-refractivity contribution < 1.29 is 9.18 Å².